The van der Waals surface area contributed by atoms with Crippen LogP contribution in [0.2, 0.25) is 0 Å². The number of hydrogen-bond donors (Lipinski definition) is 1. The van der Waals surface area contributed by atoms with Gasteiger partial charge in [0.15, 0.2) is 0 Å². The van der Waals surface area contributed by atoms with E-state index in [4.69, 9.17) is 5.73 Å². The molecule has 1 atom stereocenters. The summed E-state index contributed by atoms with van der Waals surface area (Å²) in [6, 6.07) is 2.10. The number of aryl methyl sites for hydroxylation is 2. The molecule has 0 radical (unpaired) electrons. The summed E-state index contributed by atoms with van der Waals surface area (Å²) in [5, 5.41) is 2.08. The lowest BCUT2D eigenvalue weighted by molar-refractivity contribution is -0.130. The van der Waals surface area contributed by atoms with Crippen molar-refractivity contribution in [2.75, 3.05) is 20.1 Å². The van der Waals surface area contributed by atoms with Gasteiger partial charge in [0.1, 0.15) is 0 Å². The minimum atomic E-state index is 0.207. The van der Waals surface area contributed by atoms with Crippen molar-refractivity contribution in [1.82, 2.24) is 4.90 Å². The molecule has 1 amide bonds. The lowest BCUT2D eigenvalue weighted by Gasteiger charge is -2.20. The summed E-state index contributed by atoms with van der Waals surface area (Å²) < 4.78 is 0. The third-order valence-electron chi connectivity index (χ3n) is 2.95. The molecule has 0 fully saturated rings. The van der Waals surface area contributed by atoms with Gasteiger partial charge in [-0.05, 0) is 42.8 Å². The first-order chi connectivity index (χ1) is 8.04. The Labute approximate surface area is 108 Å². The van der Waals surface area contributed by atoms with Gasteiger partial charge in [-0.3, -0.25) is 4.79 Å². The third kappa shape index (κ3) is 4.48. The fraction of sp³-hybridized carbons (Fsp3) is 0.615. The molecule has 17 heavy (non-hydrogen) atoms. The van der Waals surface area contributed by atoms with Gasteiger partial charge in [0.2, 0.25) is 5.91 Å². The van der Waals surface area contributed by atoms with Crippen LogP contribution in [0.1, 0.15) is 23.8 Å². The van der Waals surface area contributed by atoms with Gasteiger partial charge >= 0.3 is 0 Å². The highest BCUT2D eigenvalue weighted by Gasteiger charge is 2.12. The number of rotatable bonds is 6. The van der Waals surface area contributed by atoms with E-state index in [1.807, 2.05) is 7.05 Å². The predicted octanol–water partition coefficient (Wildman–Crippen LogP) is 2.04. The van der Waals surface area contributed by atoms with Crippen LogP contribution in [-0.4, -0.2) is 30.9 Å². The van der Waals surface area contributed by atoms with Gasteiger partial charge in [0, 0.05) is 24.9 Å². The lowest BCUT2D eigenvalue weighted by Crippen LogP contribution is -2.33. The summed E-state index contributed by atoms with van der Waals surface area (Å²) in [5.41, 5.74) is 6.85. The van der Waals surface area contributed by atoms with Crippen LogP contribution in [0.4, 0.5) is 0 Å². The summed E-state index contributed by atoms with van der Waals surface area (Å²) in [7, 11) is 1.86. The second-order valence-electron chi connectivity index (χ2n) is 4.64. The summed E-state index contributed by atoms with van der Waals surface area (Å²) in [6.45, 7) is 5.53. The molecule has 0 aliphatic rings. The normalized spacial score (nSPS) is 12.5. The molecular weight excluding hydrogens is 232 g/mol. The maximum Gasteiger partial charge on any atom is 0.222 e. The first-order valence-corrected chi connectivity index (χ1v) is 6.89. The number of nitrogens with two attached hydrogens (primary N) is 1. The molecule has 0 aromatic carbocycles. The van der Waals surface area contributed by atoms with Crippen LogP contribution < -0.4 is 5.73 Å². The quantitative estimate of drug-likeness (QED) is 0.844. The number of carbonyl (C=O) groups is 1. The van der Waals surface area contributed by atoms with Crippen molar-refractivity contribution >= 4 is 17.2 Å². The maximum absolute atomic E-state index is 11.9. The smallest absolute Gasteiger partial charge is 0.222 e. The molecule has 1 rings (SSSR count). The second kappa shape index (κ2) is 6.77. The second-order valence-corrected chi connectivity index (χ2v) is 5.64. The number of nitrogens with zero attached hydrogens (tertiary/aromatic N) is 1. The summed E-state index contributed by atoms with van der Waals surface area (Å²) in [4.78, 5) is 15.0. The Morgan fingerprint density at radius 3 is 2.82 bits per heavy atom. The predicted molar refractivity (Wildman–Crippen MR) is 73.2 cm³/mol. The number of amides is 1. The Hall–Kier alpha value is -0.870. The molecule has 0 aliphatic carbocycles. The van der Waals surface area contributed by atoms with E-state index in [-0.39, 0.29) is 5.91 Å². The standard InChI is InChI=1S/C13H22N2OS/c1-10(8-14)9-15(3)13(16)5-4-12-11(2)6-7-17-12/h6-7,10H,4-5,8-9,14H2,1-3H3. The fourth-order valence-corrected chi connectivity index (χ4v) is 2.63. The van der Waals surface area contributed by atoms with E-state index in [1.54, 1.807) is 16.2 Å². The minimum Gasteiger partial charge on any atom is -0.345 e. The van der Waals surface area contributed by atoms with Gasteiger partial charge in [-0.25, -0.2) is 0 Å². The SMILES string of the molecule is Cc1ccsc1CCC(=O)N(C)CC(C)CN. The van der Waals surface area contributed by atoms with Crippen LogP contribution >= 0.6 is 11.3 Å². The Morgan fingerprint density at radius 2 is 2.29 bits per heavy atom. The molecule has 2 N–H and O–H groups in total. The fourth-order valence-electron chi connectivity index (χ4n) is 1.72. The first kappa shape index (κ1) is 14.2. The molecule has 3 nitrogen and oxygen atoms in total. The number of hydrogen-bond acceptors (Lipinski definition) is 3. The average molecular weight is 254 g/mol. The van der Waals surface area contributed by atoms with Gasteiger partial charge < -0.3 is 10.6 Å². The molecule has 0 aliphatic heterocycles. The first-order valence-electron chi connectivity index (χ1n) is 6.01. The molecule has 1 unspecified atom stereocenters. The van der Waals surface area contributed by atoms with Crippen LogP contribution in [0.25, 0.3) is 0 Å². The highest BCUT2D eigenvalue weighted by molar-refractivity contribution is 7.10. The number of thiophene rings is 1. The summed E-state index contributed by atoms with van der Waals surface area (Å²) in [5.74, 6) is 0.575. The molecule has 4 heteroatoms. The van der Waals surface area contributed by atoms with Gasteiger partial charge in [-0.2, -0.15) is 0 Å². The van der Waals surface area contributed by atoms with Crippen molar-refractivity contribution in [3.8, 4) is 0 Å². The van der Waals surface area contributed by atoms with E-state index in [9.17, 15) is 4.79 Å². The number of carbonyl (C=O) groups excluding carboxylic acids is 1. The van der Waals surface area contributed by atoms with Crippen LogP contribution in [-0.2, 0) is 11.2 Å². The lowest BCUT2D eigenvalue weighted by atomic mass is 10.1. The van der Waals surface area contributed by atoms with Crippen LogP contribution in [0, 0.1) is 12.8 Å². The maximum atomic E-state index is 11.9. The van der Waals surface area contributed by atoms with Crippen molar-refractivity contribution in [2.24, 2.45) is 11.7 Å². The van der Waals surface area contributed by atoms with E-state index >= 15 is 0 Å². The molecule has 0 spiro atoms. The van der Waals surface area contributed by atoms with Crippen molar-refractivity contribution in [3.05, 3.63) is 21.9 Å². The highest BCUT2D eigenvalue weighted by atomic mass is 32.1. The largest absolute Gasteiger partial charge is 0.345 e. The molecule has 1 heterocycles. The molecule has 0 saturated carbocycles. The summed E-state index contributed by atoms with van der Waals surface area (Å²) in [6.07, 6.45) is 1.44. The van der Waals surface area contributed by atoms with Gasteiger partial charge in [-0.15, -0.1) is 11.3 Å². The van der Waals surface area contributed by atoms with Crippen LogP contribution in [0.5, 0.6) is 0 Å². The summed E-state index contributed by atoms with van der Waals surface area (Å²) >= 11 is 1.73. The van der Waals surface area contributed by atoms with E-state index in [1.165, 1.54) is 10.4 Å². The van der Waals surface area contributed by atoms with E-state index in [2.05, 4.69) is 25.3 Å². The van der Waals surface area contributed by atoms with Crippen molar-refractivity contribution in [2.45, 2.75) is 26.7 Å². The monoisotopic (exact) mass is 254 g/mol. The van der Waals surface area contributed by atoms with Crippen molar-refractivity contribution in [3.63, 3.8) is 0 Å². The van der Waals surface area contributed by atoms with Crippen molar-refractivity contribution in [1.29, 1.82) is 0 Å². The zero-order valence-electron chi connectivity index (χ0n) is 10.9. The van der Waals surface area contributed by atoms with Crippen LogP contribution in [0.3, 0.4) is 0 Å². The Balaban J connectivity index is 2.37. The molecule has 1 aromatic rings. The minimum absolute atomic E-state index is 0.207. The van der Waals surface area contributed by atoms with Crippen LogP contribution in [0.15, 0.2) is 11.4 Å². The van der Waals surface area contributed by atoms with Gasteiger partial charge in [-0.1, -0.05) is 6.92 Å². The highest BCUT2D eigenvalue weighted by Crippen LogP contribution is 2.17. The molecule has 0 bridgehead atoms. The van der Waals surface area contributed by atoms with Gasteiger partial charge in [0.25, 0.3) is 0 Å². The third-order valence-corrected chi connectivity index (χ3v) is 4.03. The van der Waals surface area contributed by atoms with E-state index in [0.29, 0.717) is 18.9 Å². The van der Waals surface area contributed by atoms with E-state index < -0.39 is 0 Å². The molecule has 0 saturated heterocycles. The topological polar surface area (TPSA) is 46.3 Å². The Kier molecular flexibility index (Phi) is 5.65. The van der Waals surface area contributed by atoms with Crippen molar-refractivity contribution < 1.29 is 4.79 Å². The van der Waals surface area contributed by atoms with E-state index in [0.717, 1.165) is 13.0 Å². The molecule has 96 valence electrons. The average Bonchev–Trinajstić information content (AvgIpc) is 2.71. The zero-order valence-corrected chi connectivity index (χ0v) is 11.7. The Morgan fingerprint density at radius 1 is 1.59 bits per heavy atom. The van der Waals surface area contributed by atoms with Gasteiger partial charge in [0.05, 0.1) is 0 Å². The molecular formula is C13H22N2OS. The Bertz CT molecular complexity index is 362. The molecule has 1 aromatic heterocycles. The zero-order chi connectivity index (χ0) is 12.8.